The van der Waals surface area contributed by atoms with Gasteiger partial charge in [0.1, 0.15) is 6.54 Å². The molecule has 1 fully saturated rings. The molecule has 122 valence electrons. The molecule has 7 heteroatoms. The summed E-state index contributed by atoms with van der Waals surface area (Å²) in [5.74, 6) is -2.31. The third-order valence-corrected chi connectivity index (χ3v) is 3.47. The first kappa shape index (κ1) is 16.7. The molecule has 1 N–H and O–H groups in total. The molecular formula is C16H19N3O4. The van der Waals surface area contributed by atoms with Crippen molar-refractivity contribution in [3.63, 3.8) is 0 Å². The van der Waals surface area contributed by atoms with Crippen LogP contribution in [-0.2, 0) is 20.9 Å². The van der Waals surface area contributed by atoms with E-state index in [1.165, 1.54) is 0 Å². The van der Waals surface area contributed by atoms with Crippen LogP contribution in [0.2, 0.25) is 0 Å². The highest BCUT2D eigenvalue weighted by atomic mass is 16.2. The van der Waals surface area contributed by atoms with Gasteiger partial charge in [0.2, 0.25) is 5.91 Å². The van der Waals surface area contributed by atoms with Gasteiger partial charge in [-0.05, 0) is 12.0 Å². The molecule has 1 aliphatic heterocycles. The average molecular weight is 317 g/mol. The van der Waals surface area contributed by atoms with E-state index in [2.05, 4.69) is 5.32 Å². The number of amides is 5. The lowest BCUT2D eigenvalue weighted by molar-refractivity contribution is -0.144. The maximum absolute atomic E-state index is 12.2. The highest BCUT2D eigenvalue weighted by Gasteiger charge is 2.44. The number of nitrogens with one attached hydrogen (secondary N) is 1. The molecule has 0 atom stereocenters. The maximum atomic E-state index is 12.2. The minimum absolute atomic E-state index is 0.0121. The Hall–Kier alpha value is -2.70. The fraction of sp³-hybridized carbons (Fsp3) is 0.375. The number of urea groups is 1. The SMILES string of the molecule is CCCCNC(=O)CN1C(=O)C(=O)N(Cc2ccccc2)C1=O. The molecule has 1 aromatic rings. The molecule has 1 aliphatic rings. The molecule has 0 aromatic heterocycles. The van der Waals surface area contributed by atoms with Crippen LogP contribution in [0.1, 0.15) is 25.3 Å². The molecule has 0 spiro atoms. The van der Waals surface area contributed by atoms with Crippen LogP contribution in [0.4, 0.5) is 4.79 Å². The van der Waals surface area contributed by atoms with Crippen molar-refractivity contribution in [1.82, 2.24) is 15.1 Å². The van der Waals surface area contributed by atoms with Gasteiger partial charge in [-0.3, -0.25) is 19.3 Å². The second-order valence-corrected chi connectivity index (χ2v) is 5.25. The Bertz CT molecular complexity index is 615. The van der Waals surface area contributed by atoms with Gasteiger partial charge in [-0.2, -0.15) is 0 Å². The lowest BCUT2D eigenvalue weighted by Crippen LogP contribution is -2.41. The summed E-state index contributed by atoms with van der Waals surface area (Å²) in [6.45, 7) is 2.05. The van der Waals surface area contributed by atoms with E-state index in [4.69, 9.17) is 0 Å². The number of carbonyl (C=O) groups is 4. The van der Waals surface area contributed by atoms with E-state index in [9.17, 15) is 19.2 Å². The predicted octanol–water partition coefficient (Wildman–Crippen LogP) is 0.894. The first-order valence-corrected chi connectivity index (χ1v) is 7.52. The number of nitrogens with zero attached hydrogens (tertiary/aromatic N) is 2. The Morgan fingerprint density at radius 1 is 1.04 bits per heavy atom. The number of unbranched alkanes of at least 4 members (excludes halogenated alkanes) is 1. The molecule has 1 saturated heterocycles. The van der Waals surface area contributed by atoms with Crippen LogP contribution in [-0.4, -0.2) is 46.6 Å². The lowest BCUT2D eigenvalue weighted by Gasteiger charge is -2.15. The number of imide groups is 2. The maximum Gasteiger partial charge on any atom is 0.335 e. The third kappa shape index (κ3) is 3.94. The van der Waals surface area contributed by atoms with E-state index >= 15 is 0 Å². The van der Waals surface area contributed by atoms with E-state index < -0.39 is 30.3 Å². The second kappa shape index (κ2) is 7.53. The standard InChI is InChI=1S/C16H19N3O4/c1-2-3-9-17-13(20)11-19-15(22)14(21)18(16(19)23)10-12-7-5-4-6-8-12/h4-8H,2-3,9-11H2,1H3,(H,17,20). The molecular weight excluding hydrogens is 298 g/mol. The second-order valence-electron chi connectivity index (χ2n) is 5.25. The van der Waals surface area contributed by atoms with Gasteiger partial charge in [0.25, 0.3) is 0 Å². The van der Waals surface area contributed by atoms with Gasteiger partial charge in [0, 0.05) is 6.54 Å². The number of rotatable bonds is 7. The van der Waals surface area contributed by atoms with Gasteiger partial charge in [0.15, 0.2) is 0 Å². The quantitative estimate of drug-likeness (QED) is 0.460. The molecule has 0 saturated carbocycles. The molecule has 5 amide bonds. The summed E-state index contributed by atoms with van der Waals surface area (Å²) in [6, 6.07) is 8.13. The first-order chi connectivity index (χ1) is 11.0. The fourth-order valence-corrected chi connectivity index (χ4v) is 2.20. The molecule has 0 unspecified atom stereocenters. The normalized spacial score (nSPS) is 14.6. The van der Waals surface area contributed by atoms with Crippen molar-refractivity contribution in [3.8, 4) is 0 Å². The average Bonchev–Trinajstić information content (AvgIpc) is 2.74. The van der Waals surface area contributed by atoms with E-state index in [-0.39, 0.29) is 6.54 Å². The summed E-state index contributed by atoms with van der Waals surface area (Å²) in [6.07, 6.45) is 1.73. The molecule has 23 heavy (non-hydrogen) atoms. The number of benzene rings is 1. The minimum atomic E-state index is -0.962. The summed E-state index contributed by atoms with van der Waals surface area (Å²) < 4.78 is 0. The monoisotopic (exact) mass is 317 g/mol. The van der Waals surface area contributed by atoms with Crippen molar-refractivity contribution in [2.24, 2.45) is 0 Å². The summed E-state index contributed by atoms with van der Waals surface area (Å²) in [4.78, 5) is 49.4. The molecule has 2 rings (SSSR count). The summed E-state index contributed by atoms with van der Waals surface area (Å²) in [5, 5.41) is 2.62. The van der Waals surface area contributed by atoms with E-state index in [0.29, 0.717) is 11.4 Å². The molecule has 1 aromatic carbocycles. The van der Waals surface area contributed by atoms with Crippen LogP contribution in [0.25, 0.3) is 0 Å². The molecule has 7 nitrogen and oxygen atoms in total. The smallest absolute Gasteiger partial charge is 0.335 e. The topological polar surface area (TPSA) is 86.8 Å². The Kier molecular flexibility index (Phi) is 5.46. The zero-order chi connectivity index (χ0) is 16.8. The Balaban J connectivity index is 2.00. The largest absolute Gasteiger partial charge is 0.355 e. The Morgan fingerprint density at radius 3 is 2.35 bits per heavy atom. The van der Waals surface area contributed by atoms with Gasteiger partial charge in [-0.15, -0.1) is 0 Å². The number of hydrogen-bond donors (Lipinski definition) is 1. The predicted molar refractivity (Wildman–Crippen MR) is 82.0 cm³/mol. The van der Waals surface area contributed by atoms with Gasteiger partial charge in [0.05, 0.1) is 6.54 Å². The third-order valence-electron chi connectivity index (χ3n) is 3.47. The Morgan fingerprint density at radius 2 is 1.70 bits per heavy atom. The highest BCUT2D eigenvalue weighted by Crippen LogP contribution is 2.15. The molecule has 1 heterocycles. The first-order valence-electron chi connectivity index (χ1n) is 7.52. The van der Waals surface area contributed by atoms with Crippen LogP contribution in [0.3, 0.4) is 0 Å². The zero-order valence-electron chi connectivity index (χ0n) is 12.9. The number of carbonyl (C=O) groups excluding carboxylic acids is 4. The van der Waals surface area contributed by atoms with Gasteiger partial charge >= 0.3 is 17.8 Å². The van der Waals surface area contributed by atoms with Gasteiger partial charge in [-0.1, -0.05) is 43.7 Å². The van der Waals surface area contributed by atoms with Crippen molar-refractivity contribution in [2.75, 3.05) is 13.1 Å². The minimum Gasteiger partial charge on any atom is -0.355 e. The zero-order valence-corrected chi connectivity index (χ0v) is 12.9. The van der Waals surface area contributed by atoms with Crippen molar-refractivity contribution in [1.29, 1.82) is 0 Å². The van der Waals surface area contributed by atoms with Crippen molar-refractivity contribution in [2.45, 2.75) is 26.3 Å². The lowest BCUT2D eigenvalue weighted by atomic mass is 10.2. The van der Waals surface area contributed by atoms with E-state index in [0.717, 1.165) is 23.3 Å². The van der Waals surface area contributed by atoms with Crippen molar-refractivity contribution in [3.05, 3.63) is 35.9 Å². The van der Waals surface area contributed by atoms with Gasteiger partial charge < -0.3 is 5.32 Å². The molecule has 0 radical (unpaired) electrons. The fourth-order valence-electron chi connectivity index (χ4n) is 2.20. The summed E-state index contributed by atoms with van der Waals surface area (Å²) in [5.41, 5.74) is 0.733. The molecule has 0 bridgehead atoms. The van der Waals surface area contributed by atoms with Crippen LogP contribution in [0.5, 0.6) is 0 Å². The van der Waals surface area contributed by atoms with Gasteiger partial charge in [-0.25, -0.2) is 9.69 Å². The molecule has 0 aliphatic carbocycles. The van der Waals surface area contributed by atoms with E-state index in [1.807, 2.05) is 13.0 Å². The summed E-state index contributed by atoms with van der Waals surface area (Å²) in [7, 11) is 0. The Labute approximate surface area is 134 Å². The number of hydrogen-bond acceptors (Lipinski definition) is 4. The highest BCUT2D eigenvalue weighted by molar-refractivity contribution is 6.44. The van der Waals surface area contributed by atoms with Crippen LogP contribution >= 0.6 is 0 Å². The summed E-state index contributed by atoms with van der Waals surface area (Å²) >= 11 is 0. The van der Waals surface area contributed by atoms with Crippen molar-refractivity contribution >= 4 is 23.8 Å². The van der Waals surface area contributed by atoms with Crippen molar-refractivity contribution < 1.29 is 19.2 Å². The van der Waals surface area contributed by atoms with Crippen LogP contribution < -0.4 is 5.32 Å². The van der Waals surface area contributed by atoms with Crippen LogP contribution in [0.15, 0.2) is 30.3 Å². The van der Waals surface area contributed by atoms with Crippen LogP contribution in [0, 0.1) is 0 Å². The van der Waals surface area contributed by atoms with E-state index in [1.54, 1.807) is 24.3 Å².